The molecule has 1 aromatic rings. The van der Waals surface area contributed by atoms with Crippen LogP contribution in [0.4, 0.5) is 0 Å². The highest BCUT2D eigenvalue weighted by atomic mass is 14.6. The molecule has 0 aliphatic rings. The topological polar surface area (TPSA) is 26.0 Å². The first-order valence-corrected chi connectivity index (χ1v) is 5.54. The van der Waals surface area contributed by atoms with Crippen LogP contribution in [-0.2, 0) is 0 Å². The van der Waals surface area contributed by atoms with Gasteiger partial charge in [-0.05, 0) is 29.9 Å². The van der Waals surface area contributed by atoms with Gasteiger partial charge in [0.1, 0.15) is 0 Å². The number of hydrogen-bond acceptors (Lipinski definition) is 1. The molecular weight excluding hydrogens is 170 g/mol. The van der Waals surface area contributed by atoms with Gasteiger partial charge in [-0.1, -0.05) is 45.0 Å². The molecule has 1 nitrogen and oxygen atoms in total. The van der Waals surface area contributed by atoms with Crippen LogP contribution in [0, 0.1) is 0 Å². The molecule has 0 amide bonds. The molecule has 1 rings (SSSR count). The molecule has 2 atom stereocenters. The van der Waals surface area contributed by atoms with Crippen molar-refractivity contribution in [1.82, 2.24) is 0 Å². The Morgan fingerprint density at radius 1 is 1.00 bits per heavy atom. The van der Waals surface area contributed by atoms with E-state index in [-0.39, 0.29) is 6.04 Å². The molecule has 0 radical (unpaired) electrons. The van der Waals surface area contributed by atoms with E-state index < -0.39 is 0 Å². The van der Waals surface area contributed by atoms with Gasteiger partial charge in [0.05, 0.1) is 0 Å². The Balaban J connectivity index is 2.78. The van der Waals surface area contributed by atoms with Gasteiger partial charge in [-0.15, -0.1) is 0 Å². The Kier molecular flexibility index (Phi) is 4.15. The molecule has 0 aliphatic carbocycles. The van der Waals surface area contributed by atoms with Gasteiger partial charge >= 0.3 is 0 Å². The van der Waals surface area contributed by atoms with Gasteiger partial charge in [-0.3, -0.25) is 0 Å². The first-order chi connectivity index (χ1) is 6.69. The summed E-state index contributed by atoms with van der Waals surface area (Å²) in [6.07, 6.45) is 2.20. The normalized spacial score (nSPS) is 15.1. The van der Waals surface area contributed by atoms with Crippen LogP contribution in [0.5, 0.6) is 0 Å². The highest BCUT2D eigenvalue weighted by molar-refractivity contribution is 5.26. The summed E-state index contributed by atoms with van der Waals surface area (Å²) in [5.41, 5.74) is 8.62. The van der Waals surface area contributed by atoms with Crippen LogP contribution in [0.25, 0.3) is 0 Å². The van der Waals surface area contributed by atoms with Crippen molar-refractivity contribution in [3.05, 3.63) is 35.4 Å². The van der Waals surface area contributed by atoms with E-state index in [9.17, 15) is 0 Å². The second-order valence-corrected chi connectivity index (χ2v) is 3.99. The quantitative estimate of drug-likeness (QED) is 0.773. The third kappa shape index (κ3) is 2.58. The van der Waals surface area contributed by atoms with Gasteiger partial charge in [0.2, 0.25) is 0 Å². The first-order valence-electron chi connectivity index (χ1n) is 5.54. The molecule has 0 spiro atoms. The van der Waals surface area contributed by atoms with Crippen LogP contribution in [0.2, 0.25) is 0 Å². The van der Waals surface area contributed by atoms with Crippen LogP contribution < -0.4 is 5.73 Å². The molecule has 14 heavy (non-hydrogen) atoms. The number of nitrogens with two attached hydrogens (primary N) is 1. The van der Waals surface area contributed by atoms with Crippen molar-refractivity contribution in [2.75, 3.05) is 0 Å². The summed E-state index contributed by atoms with van der Waals surface area (Å²) in [7, 11) is 0. The van der Waals surface area contributed by atoms with Crippen molar-refractivity contribution in [1.29, 1.82) is 0 Å². The minimum absolute atomic E-state index is 0.195. The first kappa shape index (κ1) is 11.3. The lowest BCUT2D eigenvalue weighted by Gasteiger charge is -2.12. The summed E-state index contributed by atoms with van der Waals surface area (Å²) < 4.78 is 0. The number of hydrogen-bond donors (Lipinski definition) is 1. The standard InChI is InChI=1S/C13H21N/c1-4-10(3)11-6-8-12(9-7-11)13(14)5-2/h6-10,13H,4-5,14H2,1-3H3/t10-,13-/m1/s1. The SMILES string of the molecule is CC[C@@H](C)c1ccc([C@H](N)CC)cc1. The van der Waals surface area contributed by atoms with E-state index in [0.29, 0.717) is 5.92 Å². The van der Waals surface area contributed by atoms with Crippen LogP contribution >= 0.6 is 0 Å². The molecule has 1 aromatic carbocycles. The van der Waals surface area contributed by atoms with E-state index >= 15 is 0 Å². The summed E-state index contributed by atoms with van der Waals surface area (Å²) in [5, 5.41) is 0. The molecule has 0 bridgehead atoms. The smallest absolute Gasteiger partial charge is 0.0292 e. The van der Waals surface area contributed by atoms with Gasteiger partial charge < -0.3 is 5.73 Å². The van der Waals surface area contributed by atoms with Crippen molar-refractivity contribution >= 4 is 0 Å². The van der Waals surface area contributed by atoms with E-state index in [4.69, 9.17) is 5.73 Å². The lowest BCUT2D eigenvalue weighted by atomic mass is 9.96. The van der Waals surface area contributed by atoms with Crippen LogP contribution in [0.15, 0.2) is 24.3 Å². The third-order valence-corrected chi connectivity index (χ3v) is 2.99. The predicted molar refractivity (Wildman–Crippen MR) is 62.4 cm³/mol. The minimum Gasteiger partial charge on any atom is -0.324 e. The van der Waals surface area contributed by atoms with Gasteiger partial charge in [0, 0.05) is 6.04 Å². The summed E-state index contributed by atoms with van der Waals surface area (Å²) in [5.74, 6) is 0.655. The van der Waals surface area contributed by atoms with Gasteiger partial charge in [-0.2, -0.15) is 0 Å². The average molecular weight is 191 g/mol. The molecule has 78 valence electrons. The Morgan fingerprint density at radius 3 is 1.93 bits per heavy atom. The maximum absolute atomic E-state index is 5.95. The molecule has 2 N–H and O–H groups in total. The van der Waals surface area contributed by atoms with E-state index in [1.807, 2.05) is 0 Å². The average Bonchev–Trinajstić information content (AvgIpc) is 2.27. The Bertz CT molecular complexity index is 234. The third-order valence-electron chi connectivity index (χ3n) is 2.99. The second-order valence-electron chi connectivity index (χ2n) is 3.99. The van der Waals surface area contributed by atoms with Gasteiger partial charge in [0.25, 0.3) is 0 Å². The van der Waals surface area contributed by atoms with E-state index in [1.54, 1.807) is 0 Å². The fraction of sp³-hybridized carbons (Fsp3) is 0.538. The van der Waals surface area contributed by atoms with Crippen molar-refractivity contribution in [3.63, 3.8) is 0 Å². The molecule has 0 unspecified atom stereocenters. The largest absolute Gasteiger partial charge is 0.324 e. The van der Waals surface area contributed by atoms with Crippen LogP contribution in [-0.4, -0.2) is 0 Å². The molecule has 1 heteroatoms. The molecule has 0 aliphatic heterocycles. The molecule has 0 saturated carbocycles. The molecule has 0 aromatic heterocycles. The predicted octanol–water partition coefficient (Wildman–Crippen LogP) is 3.61. The zero-order chi connectivity index (χ0) is 10.6. The Morgan fingerprint density at radius 2 is 1.50 bits per heavy atom. The molecule has 0 fully saturated rings. The zero-order valence-corrected chi connectivity index (χ0v) is 9.46. The highest BCUT2D eigenvalue weighted by Gasteiger charge is 2.05. The lowest BCUT2D eigenvalue weighted by molar-refractivity contribution is 0.694. The van der Waals surface area contributed by atoms with Crippen molar-refractivity contribution in [3.8, 4) is 0 Å². The van der Waals surface area contributed by atoms with Crippen LogP contribution in [0.1, 0.15) is 56.7 Å². The summed E-state index contributed by atoms with van der Waals surface area (Å²) in [4.78, 5) is 0. The summed E-state index contributed by atoms with van der Waals surface area (Å²) >= 11 is 0. The van der Waals surface area contributed by atoms with Crippen molar-refractivity contribution < 1.29 is 0 Å². The lowest BCUT2D eigenvalue weighted by Crippen LogP contribution is -2.08. The summed E-state index contributed by atoms with van der Waals surface area (Å²) in [6.45, 7) is 6.60. The number of benzene rings is 1. The maximum Gasteiger partial charge on any atom is 0.0292 e. The highest BCUT2D eigenvalue weighted by Crippen LogP contribution is 2.21. The van der Waals surface area contributed by atoms with Crippen molar-refractivity contribution in [2.24, 2.45) is 5.73 Å². The van der Waals surface area contributed by atoms with E-state index in [1.165, 1.54) is 17.5 Å². The second kappa shape index (κ2) is 5.16. The Labute approximate surface area is 87.3 Å². The fourth-order valence-electron chi connectivity index (χ4n) is 1.54. The van der Waals surface area contributed by atoms with E-state index in [2.05, 4.69) is 45.0 Å². The van der Waals surface area contributed by atoms with Gasteiger partial charge in [0.15, 0.2) is 0 Å². The molecule has 0 heterocycles. The number of rotatable bonds is 4. The Hall–Kier alpha value is -0.820. The van der Waals surface area contributed by atoms with Crippen LogP contribution in [0.3, 0.4) is 0 Å². The van der Waals surface area contributed by atoms with Crippen molar-refractivity contribution in [2.45, 2.75) is 45.6 Å². The van der Waals surface area contributed by atoms with Gasteiger partial charge in [-0.25, -0.2) is 0 Å². The molecular formula is C13H21N. The maximum atomic E-state index is 5.95. The summed E-state index contributed by atoms with van der Waals surface area (Å²) in [6, 6.07) is 8.93. The minimum atomic E-state index is 0.195. The van der Waals surface area contributed by atoms with E-state index in [0.717, 1.165) is 6.42 Å². The fourth-order valence-corrected chi connectivity index (χ4v) is 1.54. The zero-order valence-electron chi connectivity index (χ0n) is 9.46. The molecule has 0 saturated heterocycles. The monoisotopic (exact) mass is 191 g/mol.